The van der Waals surface area contributed by atoms with Crippen LogP contribution in [-0.4, -0.2) is 53.6 Å². The zero-order valence-electron chi connectivity index (χ0n) is 11.4. The number of carbonyl (C=O) groups excluding carboxylic acids is 1. The van der Waals surface area contributed by atoms with Crippen molar-refractivity contribution in [1.82, 2.24) is 14.7 Å². The standard InChI is InChI=1S/C12H18ClN3O3/c1-8-11(13)9(15(2)14-8)6-16-4-5-19-7-10(16)12(17)18-3/h10H,4-7H2,1-3H3. The van der Waals surface area contributed by atoms with Crippen LogP contribution < -0.4 is 0 Å². The van der Waals surface area contributed by atoms with Crippen molar-refractivity contribution in [2.75, 3.05) is 26.9 Å². The van der Waals surface area contributed by atoms with Gasteiger partial charge < -0.3 is 9.47 Å². The monoisotopic (exact) mass is 287 g/mol. The second-order valence-corrected chi connectivity index (χ2v) is 4.93. The Balaban J connectivity index is 2.17. The number of aromatic nitrogens is 2. The summed E-state index contributed by atoms with van der Waals surface area (Å²) in [6.07, 6.45) is 0. The molecular weight excluding hydrogens is 270 g/mol. The number of rotatable bonds is 3. The van der Waals surface area contributed by atoms with Crippen molar-refractivity contribution in [3.8, 4) is 0 Å². The second-order valence-electron chi connectivity index (χ2n) is 4.55. The van der Waals surface area contributed by atoms with Gasteiger partial charge in [0, 0.05) is 20.1 Å². The van der Waals surface area contributed by atoms with E-state index in [2.05, 4.69) is 5.10 Å². The first-order chi connectivity index (χ1) is 9.04. The molecule has 0 spiro atoms. The Hall–Kier alpha value is -1.11. The summed E-state index contributed by atoms with van der Waals surface area (Å²) in [5, 5.41) is 4.93. The van der Waals surface area contributed by atoms with Gasteiger partial charge in [-0.05, 0) is 6.92 Å². The summed E-state index contributed by atoms with van der Waals surface area (Å²) < 4.78 is 11.9. The Morgan fingerprint density at radius 3 is 2.95 bits per heavy atom. The van der Waals surface area contributed by atoms with Crippen LogP contribution in [0.5, 0.6) is 0 Å². The van der Waals surface area contributed by atoms with Gasteiger partial charge in [-0.2, -0.15) is 5.10 Å². The lowest BCUT2D eigenvalue weighted by molar-refractivity contribution is -0.153. The molecule has 2 rings (SSSR count). The van der Waals surface area contributed by atoms with Crippen molar-refractivity contribution in [3.63, 3.8) is 0 Å². The number of esters is 1. The number of hydrogen-bond donors (Lipinski definition) is 0. The highest BCUT2D eigenvalue weighted by Crippen LogP contribution is 2.22. The van der Waals surface area contributed by atoms with Crippen molar-refractivity contribution < 1.29 is 14.3 Å². The van der Waals surface area contributed by atoms with Crippen molar-refractivity contribution in [3.05, 3.63) is 16.4 Å². The van der Waals surface area contributed by atoms with Crippen LogP contribution in [0.15, 0.2) is 0 Å². The van der Waals surface area contributed by atoms with E-state index in [9.17, 15) is 4.79 Å². The van der Waals surface area contributed by atoms with Crippen LogP contribution in [0.4, 0.5) is 0 Å². The van der Waals surface area contributed by atoms with E-state index in [0.717, 1.165) is 11.4 Å². The lowest BCUT2D eigenvalue weighted by Crippen LogP contribution is -2.50. The average molecular weight is 288 g/mol. The Morgan fingerprint density at radius 2 is 2.37 bits per heavy atom. The smallest absolute Gasteiger partial charge is 0.325 e. The summed E-state index contributed by atoms with van der Waals surface area (Å²) in [5.41, 5.74) is 1.69. The van der Waals surface area contributed by atoms with Crippen LogP contribution >= 0.6 is 11.6 Å². The summed E-state index contributed by atoms with van der Waals surface area (Å²) in [7, 11) is 3.23. The Kier molecular flexibility index (Phi) is 4.44. The van der Waals surface area contributed by atoms with Gasteiger partial charge in [0.25, 0.3) is 0 Å². The molecule has 1 aliphatic rings. The summed E-state index contributed by atoms with van der Waals surface area (Å²) in [4.78, 5) is 13.8. The van der Waals surface area contributed by atoms with Gasteiger partial charge in [-0.3, -0.25) is 14.4 Å². The van der Waals surface area contributed by atoms with Crippen LogP contribution in [0.25, 0.3) is 0 Å². The summed E-state index contributed by atoms with van der Waals surface area (Å²) >= 11 is 6.24. The van der Waals surface area contributed by atoms with Crippen LogP contribution in [0.1, 0.15) is 11.4 Å². The average Bonchev–Trinajstić information content (AvgIpc) is 2.65. The molecule has 0 aliphatic carbocycles. The minimum absolute atomic E-state index is 0.283. The summed E-state index contributed by atoms with van der Waals surface area (Å²) in [5.74, 6) is -0.283. The highest BCUT2D eigenvalue weighted by molar-refractivity contribution is 6.31. The van der Waals surface area contributed by atoms with Gasteiger partial charge in [0.2, 0.25) is 0 Å². The van der Waals surface area contributed by atoms with Gasteiger partial charge in [-0.25, -0.2) is 0 Å². The van der Waals surface area contributed by atoms with Crippen LogP contribution in [0, 0.1) is 6.92 Å². The lowest BCUT2D eigenvalue weighted by Gasteiger charge is -2.33. The Morgan fingerprint density at radius 1 is 1.63 bits per heavy atom. The number of morpholine rings is 1. The molecule has 0 amide bonds. The van der Waals surface area contributed by atoms with E-state index < -0.39 is 0 Å². The third-order valence-corrected chi connectivity index (χ3v) is 3.82. The molecule has 1 saturated heterocycles. The third-order valence-electron chi connectivity index (χ3n) is 3.33. The molecule has 106 valence electrons. The van der Waals surface area contributed by atoms with Gasteiger partial charge in [0.1, 0.15) is 6.04 Å². The predicted octanol–water partition coefficient (Wildman–Crippen LogP) is 0.756. The minimum Gasteiger partial charge on any atom is -0.468 e. The first kappa shape index (κ1) is 14.3. The maximum absolute atomic E-state index is 11.7. The molecule has 1 aromatic rings. The second kappa shape index (κ2) is 5.90. The molecule has 2 heterocycles. The van der Waals surface area contributed by atoms with Gasteiger partial charge in [-0.15, -0.1) is 0 Å². The number of hydrogen-bond acceptors (Lipinski definition) is 5. The van der Waals surface area contributed by atoms with Gasteiger partial charge in [0.15, 0.2) is 0 Å². The SMILES string of the molecule is COC(=O)C1COCCN1Cc1c(Cl)c(C)nn1C. The van der Waals surface area contributed by atoms with Gasteiger partial charge in [0.05, 0.1) is 36.7 Å². The number of halogens is 1. The van der Waals surface area contributed by atoms with E-state index in [-0.39, 0.29) is 12.0 Å². The van der Waals surface area contributed by atoms with Gasteiger partial charge in [-0.1, -0.05) is 11.6 Å². The fourth-order valence-electron chi connectivity index (χ4n) is 2.22. The zero-order valence-corrected chi connectivity index (χ0v) is 12.1. The molecule has 0 radical (unpaired) electrons. The van der Waals surface area contributed by atoms with E-state index in [0.29, 0.717) is 31.3 Å². The first-order valence-corrected chi connectivity index (χ1v) is 6.50. The van der Waals surface area contributed by atoms with E-state index in [4.69, 9.17) is 21.1 Å². The first-order valence-electron chi connectivity index (χ1n) is 6.12. The molecule has 1 aliphatic heterocycles. The molecule has 6 nitrogen and oxygen atoms in total. The van der Waals surface area contributed by atoms with Crippen molar-refractivity contribution in [2.45, 2.75) is 19.5 Å². The topological polar surface area (TPSA) is 56.6 Å². The van der Waals surface area contributed by atoms with E-state index in [1.807, 2.05) is 18.9 Å². The highest BCUT2D eigenvalue weighted by Gasteiger charge is 2.31. The van der Waals surface area contributed by atoms with Crippen molar-refractivity contribution >= 4 is 17.6 Å². The van der Waals surface area contributed by atoms with Crippen molar-refractivity contribution in [1.29, 1.82) is 0 Å². The molecule has 1 fully saturated rings. The molecule has 19 heavy (non-hydrogen) atoms. The van der Waals surface area contributed by atoms with E-state index in [1.165, 1.54) is 7.11 Å². The molecule has 0 bridgehead atoms. The molecule has 0 aromatic carbocycles. The summed E-state index contributed by atoms with van der Waals surface area (Å²) in [6, 6.07) is -0.384. The van der Waals surface area contributed by atoms with Crippen molar-refractivity contribution in [2.24, 2.45) is 7.05 Å². The molecule has 1 unspecified atom stereocenters. The fourth-order valence-corrected chi connectivity index (χ4v) is 2.44. The minimum atomic E-state index is -0.384. The number of aryl methyl sites for hydroxylation is 2. The molecule has 1 aromatic heterocycles. The molecule has 1 atom stereocenters. The van der Waals surface area contributed by atoms with E-state index in [1.54, 1.807) is 4.68 Å². The number of methoxy groups -OCH3 is 1. The van der Waals surface area contributed by atoms with Crippen LogP contribution in [-0.2, 0) is 27.9 Å². The zero-order chi connectivity index (χ0) is 14.0. The maximum Gasteiger partial charge on any atom is 0.325 e. The lowest BCUT2D eigenvalue weighted by atomic mass is 10.2. The maximum atomic E-state index is 11.7. The Labute approximate surface area is 117 Å². The fraction of sp³-hybridized carbons (Fsp3) is 0.667. The Bertz CT molecular complexity index is 475. The molecule has 0 saturated carbocycles. The quantitative estimate of drug-likeness (QED) is 0.768. The molecule has 0 N–H and O–H groups in total. The predicted molar refractivity (Wildman–Crippen MR) is 70.0 cm³/mol. The normalized spacial score (nSPS) is 20.5. The number of carbonyl (C=O) groups is 1. The number of ether oxygens (including phenoxy) is 2. The molecule has 7 heteroatoms. The largest absolute Gasteiger partial charge is 0.468 e. The third kappa shape index (κ3) is 2.91. The highest BCUT2D eigenvalue weighted by atomic mass is 35.5. The van der Waals surface area contributed by atoms with Crippen LogP contribution in [0.3, 0.4) is 0 Å². The van der Waals surface area contributed by atoms with Crippen LogP contribution in [0.2, 0.25) is 5.02 Å². The van der Waals surface area contributed by atoms with Gasteiger partial charge >= 0.3 is 5.97 Å². The summed E-state index contributed by atoms with van der Waals surface area (Å²) in [6.45, 7) is 4.03. The molecular formula is C12H18ClN3O3. The number of nitrogens with zero attached hydrogens (tertiary/aromatic N) is 3. The van der Waals surface area contributed by atoms with E-state index >= 15 is 0 Å².